The summed E-state index contributed by atoms with van der Waals surface area (Å²) < 4.78 is 41.0. The molecule has 0 aliphatic carbocycles. The van der Waals surface area contributed by atoms with Gasteiger partial charge >= 0.3 is 0 Å². The molecule has 10 heteroatoms. The van der Waals surface area contributed by atoms with E-state index >= 15 is 0 Å². The van der Waals surface area contributed by atoms with Crippen molar-refractivity contribution in [2.45, 2.75) is 30.7 Å². The zero-order valence-electron chi connectivity index (χ0n) is 16.7. The summed E-state index contributed by atoms with van der Waals surface area (Å²) in [6, 6.07) is 9.63. The SMILES string of the molecule is CCC(CCO)NC(=O)c1cc(=O)[nH]c2ccc(S(=O)(=O)Nc3ccc(F)cc3)cc12. The summed E-state index contributed by atoms with van der Waals surface area (Å²) in [5, 5.41) is 12.1. The predicted octanol–water partition coefficient (Wildman–Crippen LogP) is 2.36. The van der Waals surface area contributed by atoms with Gasteiger partial charge in [-0.2, -0.15) is 0 Å². The first-order valence-electron chi connectivity index (χ1n) is 9.60. The standard InChI is InChI=1S/C21H22FN3O5S/c1-2-14(9-10-26)23-21(28)18-12-20(27)24-19-8-7-16(11-17(18)19)31(29,30)25-15-5-3-13(22)4-6-15/h3-8,11-12,14,25-26H,2,9-10H2,1H3,(H,23,28)(H,24,27). The van der Waals surface area contributed by atoms with E-state index in [-0.39, 0.29) is 34.2 Å². The van der Waals surface area contributed by atoms with E-state index < -0.39 is 27.3 Å². The number of aromatic nitrogens is 1. The predicted molar refractivity (Wildman–Crippen MR) is 115 cm³/mol. The molecule has 2 aromatic carbocycles. The first-order chi connectivity index (χ1) is 14.7. The minimum Gasteiger partial charge on any atom is -0.396 e. The Bertz CT molecular complexity index is 1260. The van der Waals surface area contributed by atoms with Gasteiger partial charge in [0.2, 0.25) is 5.56 Å². The minimum atomic E-state index is -4.04. The summed E-state index contributed by atoms with van der Waals surface area (Å²) in [4.78, 5) is 27.2. The summed E-state index contributed by atoms with van der Waals surface area (Å²) in [6.45, 7) is 1.74. The molecule has 0 fully saturated rings. The molecule has 3 aromatic rings. The number of carbonyl (C=O) groups is 1. The van der Waals surface area contributed by atoms with Crippen molar-refractivity contribution in [3.63, 3.8) is 0 Å². The molecule has 0 aliphatic rings. The highest BCUT2D eigenvalue weighted by molar-refractivity contribution is 7.92. The number of hydrogen-bond donors (Lipinski definition) is 4. The molecule has 0 radical (unpaired) electrons. The largest absolute Gasteiger partial charge is 0.396 e. The van der Waals surface area contributed by atoms with Gasteiger partial charge in [-0.3, -0.25) is 14.3 Å². The molecular formula is C21H22FN3O5S. The number of fused-ring (bicyclic) bond motifs is 1. The van der Waals surface area contributed by atoms with Gasteiger partial charge in [-0.1, -0.05) is 6.92 Å². The van der Waals surface area contributed by atoms with Crippen LogP contribution < -0.4 is 15.6 Å². The van der Waals surface area contributed by atoms with Crippen molar-refractivity contribution in [2.75, 3.05) is 11.3 Å². The van der Waals surface area contributed by atoms with E-state index in [4.69, 9.17) is 5.11 Å². The fourth-order valence-corrected chi connectivity index (χ4v) is 4.20. The number of hydrogen-bond acceptors (Lipinski definition) is 5. The normalized spacial score (nSPS) is 12.5. The van der Waals surface area contributed by atoms with E-state index in [0.29, 0.717) is 18.4 Å². The number of aliphatic hydroxyl groups excluding tert-OH is 1. The Morgan fingerprint density at radius 3 is 2.52 bits per heavy atom. The van der Waals surface area contributed by atoms with E-state index in [9.17, 15) is 22.4 Å². The highest BCUT2D eigenvalue weighted by atomic mass is 32.2. The van der Waals surface area contributed by atoms with Crippen molar-refractivity contribution in [2.24, 2.45) is 0 Å². The molecule has 164 valence electrons. The topological polar surface area (TPSA) is 128 Å². The molecule has 31 heavy (non-hydrogen) atoms. The van der Waals surface area contributed by atoms with E-state index in [1.165, 1.54) is 30.3 Å². The molecule has 0 saturated heterocycles. The Morgan fingerprint density at radius 2 is 1.87 bits per heavy atom. The molecule has 0 bridgehead atoms. The third kappa shape index (κ3) is 5.28. The lowest BCUT2D eigenvalue weighted by molar-refractivity contribution is 0.0930. The molecular weight excluding hydrogens is 425 g/mol. The second kappa shape index (κ2) is 9.27. The van der Waals surface area contributed by atoms with Crippen LogP contribution >= 0.6 is 0 Å². The summed E-state index contributed by atoms with van der Waals surface area (Å²) in [6.07, 6.45) is 0.930. The zero-order valence-corrected chi connectivity index (χ0v) is 17.5. The van der Waals surface area contributed by atoms with Crippen LogP contribution in [-0.2, 0) is 10.0 Å². The van der Waals surface area contributed by atoms with Gasteiger partial charge in [0.05, 0.1) is 10.5 Å². The number of pyridine rings is 1. The highest BCUT2D eigenvalue weighted by Gasteiger charge is 2.19. The van der Waals surface area contributed by atoms with Crippen molar-refractivity contribution in [3.8, 4) is 0 Å². The molecule has 1 aromatic heterocycles. The number of halogens is 1. The number of rotatable bonds is 8. The number of nitrogens with one attached hydrogen (secondary N) is 3. The number of anilines is 1. The Labute approximate surface area is 178 Å². The van der Waals surface area contributed by atoms with Crippen LogP contribution in [0.1, 0.15) is 30.1 Å². The maximum absolute atomic E-state index is 13.1. The molecule has 8 nitrogen and oxygen atoms in total. The number of carbonyl (C=O) groups excluding carboxylic acids is 1. The number of sulfonamides is 1. The Morgan fingerprint density at radius 1 is 1.16 bits per heavy atom. The molecule has 1 unspecified atom stereocenters. The van der Waals surface area contributed by atoms with Crippen molar-refractivity contribution in [1.82, 2.24) is 10.3 Å². The lowest BCUT2D eigenvalue weighted by Gasteiger charge is -2.16. The summed E-state index contributed by atoms with van der Waals surface area (Å²) in [5.74, 6) is -1.04. The molecule has 0 aliphatic heterocycles. The van der Waals surface area contributed by atoms with E-state index in [0.717, 1.165) is 18.2 Å². The molecule has 4 N–H and O–H groups in total. The Balaban J connectivity index is 2.01. The van der Waals surface area contributed by atoms with Crippen LogP contribution in [0.15, 0.2) is 58.2 Å². The van der Waals surface area contributed by atoms with Gasteiger partial charge in [0.1, 0.15) is 5.82 Å². The monoisotopic (exact) mass is 447 g/mol. The van der Waals surface area contributed by atoms with Crippen LogP contribution in [0.25, 0.3) is 10.9 Å². The summed E-state index contributed by atoms with van der Waals surface area (Å²) >= 11 is 0. The van der Waals surface area contributed by atoms with Gasteiger partial charge in [-0.25, -0.2) is 12.8 Å². The fraction of sp³-hybridized carbons (Fsp3) is 0.238. The minimum absolute atomic E-state index is 0.0222. The maximum Gasteiger partial charge on any atom is 0.261 e. The lowest BCUT2D eigenvalue weighted by atomic mass is 10.1. The maximum atomic E-state index is 13.1. The van der Waals surface area contributed by atoms with Crippen LogP contribution in [0.3, 0.4) is 0 Å². The fourth-order valence-electron chi connectivity index (χ4n) is 3.12. The molecule has 0 saturated carbocycles. The quantitative estimate of drug-likeness (QED) is 0.421. The molecule has 0 spiro atoms. The second-order valence-corrected chi connectivity index (χ2v) is 8.64. The number of H-pyrrole nitrogens is 1. The van der Waals surface area contributed by atoms with Crippen LogP contribution in [0.5, 0.6) is 0 Å². The van der Waals surface area contributed by atoms with Gasteiger partial charge in [-0.15, -0.1) is 0 Å². The lowest BCUT2D eigenvalue weighted by Crippen LogP contribution is -2.35. The highest BCUT2D eigenvalue weighted by Crippen LogP contribution is 2.23. The number of amides is 1. The second-order valence-electron chi connectivity index (χ2n) is 6.96. The molecule has 1 atom stereocenters. The van der Waals surface area contributed by atoms with Crippen LogP contribution in [0, 0.1) is 5.82 Å². The van der Waals surface area contributed by atoms with Gasteiger partial charge in [0.25, 0.3) is 15.9 Å². The van der Waals surface area contributed by atoms with Crippen LogP contribution in [-0.4, -0.2) is 37.1 Å². The van der Waals surface area contributed by atoms with Crippen molar-refractivity contribution >= 4 is 32.5 Å². The van der Waals surface area contributed by atoms with Crippen LogP contribution in [0.4, 0.5) is 10.1 Å². The smallest absolute Gasteiger partial charge is 0.261 e. The third-order valence-corrected chi connectivity index (χ3v) is 6.15. The van der Waals surface area contributed by atoms with E-state index in [2.05, 4.69) is 15.0 Å². The van der Waals surface area contributed by atoms with Crippen molar-refractivity contribution in [3.05, 3.63) is 70.3 Å². The number of benzene rings is 2. The zero-order chi connectivity index (χ0) is 22.6. The Kier molecular flexibility index (Phi) is 6.71. The number of aliphatic hydroxyl groups is 1. The van der Waals surface area contributed by atoms with Gasteiger partial charge in [0.15, 0.2) is 0 Å². The van der Waals surface area contributed by atoms with Gasteiger partial charge in [0, 0.05) is 35.3 Å². The average molecular weight is 447 g/mol. The van der Waals surface area contributed by atoms with Crippen molar-refractivity contribution < 1.29 is 22.7 Å². The number of aromatic amines is 1. The van der Waals surface area contributed by atoms with Crippen molar-refractivity contribution in [1.29, 1.82) is 0 Å². The van der Waals surface area contributed by atoms with Gasteiger partial charge < -0.3 is 15.4 Å². The third-order valence-electron chi connectivity index (χ3n) is 4.77. The molecule has 1 amide bonds. The van der Waals surface area contributed by atoms with Gasteiger partial charge in [-0.05, 0) is 55.3 Å². The Hall–Kier alpha value is -3.24. The first kappa shape index (κ1) is 22.4. The van der Waals surface area contributed by atoms with E-state index in [1.807, 2.05) is 6.92 Å². The summed E-state index contributed by atoms with van der Waals surface area (Å²) in [5.41, 5.74) is -0.00816. The van der Waals surface area contributed by atoms with E-state index in [1.54, 1.807) is 0 Å². The first-order valence-corrected chi connectivity index (χ1v) is 11.1. The molecule has 1 heterocycles. The summed E-state index contributed by atoms with van der Waals surface area (Å²) in [7, 11) is -4.04. The van der Waals surface area contributed by atoms with Crippen LogP contribution in [0.2, 0.25) is 0 Å². The molecule has 3 rings (SSSR count). The average Bonchev–Trinajstić information content (AvgIpc) is 2.73.